The number of ether oxygens (including phenoxy) is 2. The second kappa shape index (κ2) is 7.33. The second-order valence-corrected chi connectivity index (χ2v) is 4.47. The van der Waals surface area contributed by atoms with Crippen molar-refractivity contribution in [1.29, 1.82) is 0 Å². The van der Waals surface area contributed by atoms with Gasteiger partial charge in [0.1, 0.15) is 5.75 Å². The standard InChI is InChI=1S/C17H19NO3/c1-3-21-17(19)16(13-7-5-4-6-8-13)18-14-9-11-15(20-2)12-10-14/h4-12,16,18H,3H2,1-2H3/t16-/m1/s1. The van der Waals surface area contributed by atoms with Crippen molar-refractivity contribution in [2.75, 3.05) is 19.0 Å². The highest BCUT2D eigenvalue weighted by molar-refractivity contribution is 5.81. The molecule has 0 spiro atoms. The molecular formula is C17H19NO3. The van der Waals surface area contributed by atoms with Crippen LogP contribution < -0.4 is 10.1 Å². The van der Waals surface area contributed by atoms with Crippen molar-refractivity contribution in [2.45, 2.75) is 13.0 Å². The molecule has 2 aromatic carbocycles. The molecule has 0 fully saturated rings. The number of hydrogen-bond acceptors (Lipinski definition) is 4. The fourth-order valence-corrected chi connectivity index (χ4v) is 2.00. The molecule has 0 aliphatic carbocycles. The summed E-state index contributed by atoms with van der Waals surface area (Å²) in [7, 11) is 1.62. The summed E-state index contributed by atoms with van der Waals surface area (Å²) < 4.78 is 10.3. The number of rotatable bonds is 6. The smallest absolute Gasteiger partial charge is 0.333 e. The number of carbonyl (C=O) groups excluding carboxylic acids is 1. The van der Waals surface area contributed by atoms with Crippen LogP contribution in [0.15, 0.2) is 54.6 Å². The zero-order chi connectivity index (χ0) is 15.1. The Kier molecular flexibility index (Phi) is 5.21. The number of esters is 1. The maximum Gasteiger partial charge on any atom is 0.333 e. The van der Waals surface area contributed by atoms with E-state index in [0.29, 0.717) is 6.61 Å². The number of carbonyl (C=O) groups is 1. The Bertz CT molecular complexity index is 566. The van der Waals surface area contributed by atoms with Crippen LogP contribution in [0.4, 0.5) is 5.69 Å². The van der Waals surface area contributed by atoms with E-state index in [1.807, 2.05) is 54.6 Å². The van der Waals surface area contributed by atoms with Crippen LogP contribution in [0.2, 0.25) is 0 Å². The maximum atomic E-state index is 12.2. The SMILES string of the molecule is CCOC(=O)[C@H](Nc1ccc(OC)cc1)c1ccccc1. The topological polar surface area (TPSA) is 47.6 Å². The Morgan fingerprint density at radius 1 is 1.10 bits per heavy atom. The Hall–Kier alpha value is -2.49. The predicted octanol–water partition coefficient (Wildman–Crippen LogP) is 3.41. The van der Waals surface area contributed by atoms with E-state index >= 15 is 0 Å². The largest absolute Gasteiger partial charge is 0.497 e. The van der Waals surface area contributed by atoms with E-state index in [0.717, 1.165) is 17.0 Å². The van der Waals surface area contributed by atoms with Crippen molar-refractivity contribution in [3.8, 4) is 5.75 Å². The molecule has 0 amide bonds. The molecule has 21 heavy (non-hydrogen) atoms. The first-order chi connectivity index (χ1) is 10.2. The van der Waals surface area contributed by atoms with Gasteiger partial charge in [0.2, 0.25) is 0 Å². The fourth-order valence-electron chi connectivity index (χ4n) is 2.00. The van der Waals surface area contributed by atoms with Gasteiger partial charge in [-0.15, -0.1) is 0 Å². The van der Waals surface area contributed by atoms with Gasteiger partial charge in [0.25, 0.3) is 0 Å². The lowest BCUT2D eigenvalue weighted by atomic mass is 10.1. The van der Waals surface area contributed by atoms with E-state index < -0.39 is 6.04 Å². The molecule has 110 valence electrons. The third kappa shape index (κ3) is 3.99. The molecule has 1 atom stereocenters. The monoisotopic (exact) mass is 285 g/mol. The molecule has 0 unspecified atom stereocenters. The van der Waals surface area contributed by atoms with Gasteiger partial charge in [-0.25, -0.2) is 4.79 Å². The van der Waals surface area contributed by atoms with Gasteiger partial charge in [-0.3, -0.25) is 0 Å². The molecule has 0 aliphatic rings. The highest BCUT2D eigenvalue weighted by Crippen LogP contribution is 2.23. The number of hydrogen-bond donors (Lipinski definition) is 1. The molecule has 0 bridgehead atoms. The summed E-state index contributed by atoms with van der Waals surface area (Å²) in [6.45, 7) is 2.15. The quantitative estimate of drug-likeness (QED) is 0.826. The highest BCUT2D eigenvalue weighted by atomic mass is 16.5. The first-order valence-corrected chi connectivity index (χ1v) is 6.86. The molecule has 0 saturated carbocycles. The molecule has 0 saturated heterocycles. The van der Waals surface area contributed by atoms with Crippen LogP contribution in [0.5, 0.6) is 5.75 Å². The van der Waals surface area contributed by atoms with Gasteiger partial charge in [-0.1, -0.05) is 30.3 Å². The van der Waals surface area contributed by atoms with Crippen LogP contribution >= 0.6 is 0 Å². The van der Waals surface area contributed by atoms with Crippen molar-refractivity contribution in [1.82, 2.24) is 0 Å². The zero-order valence-corrected chi connectivity index (χ0v) is 12.2. The lowest BCUT2D eigenvalue weighted by molar-refractivity contribution is -0.144. The first kappa shape index (κ1) is 14.9. The van der Waals surface area contributed by atoms with Crippen molar-refractivity contribution in [3.63, 3.8) is 0 Å². The Labute approximate surface area is 124 Å². The van der Waals surface area contributed by atoms with Gasteiger partial charge < -0.3 is 14.8 Å². The minimum Gasteiger partial charge on any atom is -0.497 e. The normalized spacial score (nSPS) is 11.5. The van der Waals surface area contributed by atoms with Crippen molar-refractivity contribution in [2.24, 2.45) is 0 Å². The Balaban J connectivity index is 2.21. The number of nitrogens with one attached hydrogen (secondary N) is 1. The molecule has 0 aliphatic heterocycles. The van der Waals surface area contributed by atoms with Crippen LogP contribution in [0.3, 0.4) is 0 Å². The van der Waals surface area contributed by atoms with Crippen molar-refractivity contribution < 1.29 is 14.3 Å². The van der Waals surface area contributed by atoms with E-state index in [1.165, 1.54) is 0 Å². The lowest BCUT2D eigenvalue weighted by Gasteiger charge is -2.19. The molecule has 2 rings (SSSR count). The summed E-state index contributed by atoms with van der Waals surface area (Å²) in [5.74, 6) is 0.479. The van der Waals surface area contributed by atoms with Crippen LogP contribution in [-0.4, -0.2) is 19.7 Å². The Morgan fingerprint density at radius 2 is 1.76 bits per heavy atom. The average molecular weight is 285 g/mol. The van der Waals surface area contributed by atoms with Crippen LogP contribution in [0, 0.1) is 0 Å². The van der Waals surface area contributed by atoms with E-state index in [4.69, 9.17) is 9.47 Å². The molecule has 0 heterocycles. The molecular weight excluding hydrogens is 266 g/mol. The van der Waals surface area contributed by atoms with Crippen LogP contribution in [-0.2, 0) is 9.53 Å². The van der Waals surface area contributed by atoms with Crippen LogP contribution in [0.1, 0.15) is 18.5 Å². The first-order valence-electron chi connectivity index (χ1n) is 6.86. The van der Waals surface area contributed by atoms with Gasteiger partial charge in [-0.05, 0) is 36.8 Å². The minimum atomic E-state index is -0.528. The molecule has 4 heteroatoms. The summed E-state index contributed by atoms with van der Waals surface area (Å²) in [5.41, 5.74) is 1.70. The molecule has 2 aromatic rings. The summed E-state index contributed by atoms with van der Waals surface area (Å²) >= 11 is 0. The Morgan fingerprint density at radius 3 is 2.33 bits per heavy atom. The lowest BCUT2D eigenvalue weighted by Crippen LogP contribution is -2.23. The number of anilines is 1. The predicted molar refractivity (Wildman–Crippen MR) is 82.4 cm³/mol. The summed E-state index contributed by atoms with van der Waals surface area (Å²) in [5, 5.41) is 3.20. The fraction of sp³-hybridized carbons (Fsp3) is 0.235. The van der Waals surface area contributed by atoms with Crippen molar-refractivity contribution in [3.05, 3.63) is 60.2 Å². The van der Waals surface area contributed by atoms with Crippen molar-refractivity contribution >= 4 is 11.7 Å². The molecule has 4 nitrogen and oxygen atoms in total. The molecule has 0 radical (unpaired) electrons. The van der Waals surface area contributed by atoms with E-state index in [1.54, 1.807) is 14.0 Å². The third-order valence-electron chi connectivity index (χ3n) is 3.06. The highest BCUT2D eigenvalue weighted by Gasteiger charge is 2.21. The number of methoxy groups -OCH3 is 1. The van der Waals surface area contributed by atoms with E-state index in [9.17, 15) is 4.79 Å². The van der Waals surface area contributed by atoms with E-state index in [-0.39, 0.29) is 5.97 Å². The third-order valence-corrected chi connectivity index (χ3v) is 3.06. The van der Waals surface area contributed by atoms with E-state index in [2.05, 4.69) is 5.32 Å². The summed E-state index contributed by atoms with van der Waals surface area (Å²) in [4.78, 5) is 12.2. The van der Waals surface area contributed by atoms with Gasteiger partial charge in [0.15, 0.2) is 6.04 Å². The van der Waals surface area contributed by atoms with Crippen LogP contribution in [0.25, 0.3) is 0 Å². The zero-order valence-electron chi connectivity index (χ0n) is 12.2. The van der Waals surface area contributed by atoms with Gasteiger partial charge in [0, 0.05) is 5.69 Å². The summed E-state index contributed by atoms with van der Waals surface area (Å²) in [6, 6.07) is 16.4. The summed E-state index contributed by atoms with van der Waals surface area (Å²) in [6.07, 6.45) is 0. The maximum absolute atomic E-state index is 12.2. The molecule has 1 N–H and O–H groups in total. The minimum absolute atomic E-state index is 0.292. The van der Waals surface area contributed by atoms with Gasteiger partial charge in [-0.2, -0.15) is 0 Å². The molecule has 0 aromatic heterocycles. The number of benzene rings is 2. The van der Waals surface area contributed by atoms with Gasteiger partial charge in [0.05, 0.1) is 13.7 Å². The average Bonchev–Trinajstić information content (AvgIpc) is 2.54. The van der Waals surface area contributed by atoms with Gasteiger partial charge >= 0.3 is 5.97 Å². The second-order valence-electron chi connectivity index (χ2n) is 4.47.